The van der Waals surface area contributed by atoms with Gasteiger partial charge in [-0.05, 0) is 11.1 Å². The van der Waals surface area contributed by atoms with Crippen molar-refractivity contribution >= 4 is 16.6 Å². The van der Waals surface area contributed by atoms with Crippen LogP contribution in [0.1, 0.15) is 11.1 Å². The van der Waals surface area contributed by atoms with Gasteiger partial charge in [-0.1, -0.05) is 42.4 Å². The summed E-state index contributed by atoms with van der Waals surface area (Å²) in [4.78, 5) is 0. The van der Waals surface area contributed by atoms with Gasteiger partial charge in [0.2, 0.25) is 0 Å². The van der Waals surface area contributed by atoms with E-state index in [-0.39, 0.29) is 0 Å². The van der Waals surface area contributed by atoms with Crippen LogP contribution in [-0.2, 0) is 6.54 Å². The van der Waals surface area contributed by atoms with Crippen molar-refractivity contribution in [1.29, 1.82) is 0 Å². The van der Waals surface area contributed by atoms with Crippen LogP contribution in [0.4, 0.5) is 0 Å². The number of hydrogen-bond acceptors (Lipinski definition) is 1. The van der Waals surface area contributed by atoms with E-state index in [0.29, 0.717) is 11.6 Å². The lowest BCUT2D eigenvalue weighted by molar-refractivity contribution is 1.07. The second-order valence-corrected chi connectivity index (χ2v) is 2.72. The molecule has 11 heavy (non-hydrogen) atoms. The summed E-state index contributed by atoms with van der Waals surface area (Å²) in [7, 11) is 0. The summed E-state index contributed by atoms with van der Waals surface area (Å²) in [6, 6.07) is 7.72. The molecule has 0 amide bonds. The maximum Gasteiger partial charge on any atom is 0.0409 e. The number of hydrogen-bond donors (Lipinski definition) is 1. The first-order valence-corrected chi connectivity index (χ1v) is 3.76. The Bertz CT molecular complexity index is 268. The van der Waals surface area contributed by atoms with Gasteiger partial charge >= 0.3 is 0 Å². The van der Waals surface area contributed by atoms with Crippen molar-refractivity contribution in [2.45, 2.75) is 6.54 Å². The molecule has 0 aliphatic heterocycles. The van der Waals surface area contributed by atoms with Crippen LogP contribution in [0.2, 0.25) is 0 Å². The Morgan fingerprint density at radius 1 is 1.45 bits per heavy atom. The largest absolute Gasteiger partial charge is 0.326 e. The lowest BCUT2D eigenvalue weighted by Gasteiger charge is -2.03. The van der Waals surface area contributed by atoms with Crippen LogP contribution < -0.4 is 5.73 Å². The first kappa shape index (κ1) is 8.31. The molecule has 2 N–H and O–H groups in total. The van der Waals surface area contributed by atoms with Crippen molar-refractivity contribution in [2.75, 3.05) is 0 Å². The van der Waals surface area contributed by atoms with Crippen molar-refractivity contribution in [2.24, 2.45) is 5.73 Å². The van der Waals surface area contributed by atoms with Gasteiger partial charge in [-0.2, -0.15) is 0 Å². The van der Waals surface area contributed by atoms with E-state index in [1.54, 1.807) is 0 Å². The molecule has 0 saturated heterocycles. The smallest absolute Gasteiger partial charge is 0.0409 e. The number of rotatable bonds is 2. The summed E-state index contributed by atoms with van der Waals surface area (Å²) < 4.78 is 0. The maximum absolute atomic E-state index is 5.74. The highest BCUT2D eigenvalue weighted by Crippen LogP contribution is 2.19. The molecule has 1 aromatic rings. The Hall–Kier alpha value is -0.790. The SMILES string of the molecule is C=C(Cl)c1ccccc1CN. The van der Waals surface area contributed by atoms with Crippen LogP contribution in [0.3, 0.4) is 0 Å². The minimum absolute atomic E-state index is 0.502. The minimum Gasteiger partial charge on any atom is -0.326 e. The fraction of sp³-hybridized carbons (Fsp3) is 0.111. The van der Waals surface area contributed by atoms with Gasteiger partial charge < -0.3 is 5.73 Å². The fourth-order valence-corrected chi connectivity index (χ4v) is 1.15. The molecule has 1 rings (SSSR count). The van der Waals surface area contributed by atoms with E-state index in [2.05, 4.69) is 6.58 Å². The van der Waals surface area contributed by atoms with E-state index in [1.807, 2.05) is 24.3 Å². The van der Waals surface area contributed by atoms with Crippen molar-refractivity contribution in [1.82, 2.24) is 0 Å². The molecule has 1 aromatic carbocycles. The average molecular weight is 168 g/mol. The van der Waals surface area contributed by atoms with Gasteiger partial charge in [0.25, 0.3) is 0 Å². The highest BCUT2D eigenvalue weighted by atomic mass is 35.5. The molecule has 0 saturated carbocycles. The number of benzene rings is 1. The fourth-order valence-electron chi connectivity index (χ4n) is 0.963. The summed E-state index contributed by atoms with van der Waals surface area (Å²) >= 11 is 5.74. The van der Waals surface area contributed by atoms with Gasteiger partial charge in [-0.15, -0.1) is 0 Å². The van der Waals surface area contributed by atoms with Crippen molar-refractivity contribution in [3.05, 3.63) is 42.0 Å². The summed E-state index contributed by atoms with van der Waals surface area (Å²) in [6.07, 6.45) is 0. The first-order chi connectivity index (χ1) is 5.25. The molecule has 0 bridgehead atoms. The van der Waals surface area contributed by atoms with E-state index in [9.17, 15) is 0 Å². The van der Waals surface area contributed by atoms with Crippen LogP contribution >= 0.6 is 11.6 Å². The van der Waals surface area contributed by atoms with Crippen LogP contribution in [0.5, 0.6) is 0 Å². The zero-order valence-corrected chi connectivity index (χ0v) is 6.93. The number of nitrogens with two attached hydrogens (primary N) is 1. The maximum atomic E-state index is 5.74. The molecule has 2 heteroatoms. The molecule has 0 spiro atoms. The standard InChI is InChI=1S/C9H10ClN/c1-7(10)9-5-3-2-4-8(9)6-11/h2-5H,1,6,11H2. The molecule has 0 atom stereocenters. The number of halogens is 1. The molecule has 0 radical (unpaired) electrons. The molecule has 0 aliphatic rings. The minimum atomic E-state index is 0.502. The molecule has 0 heterocycles. The Balaban J connectivity index is 3.12. The Labute approximate surface area is 71.5 Å². The molecule has 1 nitrogen and oxygen atoms in total. The normalized spacial score (nSPS) is 9.64. The van der Waals surface area contributed by atoms with Crippen molar-refractivity contribution in [3.63, 3.8) is 0 Å². The van der Waals surface area contributed by atoms with Gasteiger partial charge in [0.1, 0.15) is 0 Å². The van der Waals surface area contributed by atoms with E-state index < -0.39 is 0 Å². The van der Waals surface area contributed by atoms with Crippen LogP contribution in [0.15, 0.2) is 30.8 Å². The van der Waals surface area contributed by atoms with Gasteiger partial charge in [-0.25, -0.2) is 0 Å². The molecule has 0 fully saturated rings. The van der Waals surface area contributed by atoms with E-state index in [0.717, 1.165) is 11.1 Å². The molecule has 0 aromatic heterocycles. The molecule has 0 unspecified atom stereocenters. The predicted molar refractivity (Wildman–Crippen MR) is 49.2 cm³/mol. The van der Waals surface area contributed by atoms with E-state index in [4.69, 9.17) is 17.3 Å². The molecular weight excluding hydrogens is 158 g/mol. The average Bonchev–Trinajstić information content (AvgIpc) is 2.04. The topological polar surface area (TPSA) is 26.0 Å². The molecular formula is C9H10ClN. The van der Waals surface area contributed by atoms with Crippen LogP contribution in [-0.4, -0.2) is 0 Å². The van der Waals surface area contributed by atoms with Gasteiger partial charge in [0.05, 0.1) is 0 Å². The Morgan fingerprint density at radius 3 is 2.55 bits per heavy atom. The summed E-state index contributed by atoms with van der Waals surface area (Å²) in [5.74, 6) is 0. The third kappa shape index (κ3) is 1.82. The Morgan fingerprint density at radius 2 is 2.09 bits per heavy atom. The second-order valence-electron chi connectivity index (χ2n) is 2.27. The lowest BCUT2D eigenvalue weighted by atomic mass is 10.1. The van der Waals surface area contributed by atoms with Crippen LogP contribution in [0.25, 0.3) is 5.03 Å². The highest BCUT2D eigenvalue weighted by molar-refractivity contribution is 6.48. The van der Waals surface area contributed by atoms with Gasteiger partial charge in [-0.3, -0.25) is 0 Å². The summed E-state index contributed by atoms with van der Waals surface area (Å²) in [5.41, 5.74) is 7.46. The zero-order valence-electron chi connectivity index (χ0n) is 6.18. The lowest BCUT2D eigenvalue weighted by Crippen LogP contribution is -1.98. The third-order valence-electron chi connectivity index (χ3n) is 1.53. The first-order valence-electron chi connectivity index (χ1n) is 3.38. The summed E-state index contributed by atoms with van der Waals surface area (Å²) in [5, 5.41) is 0.547. The van der Waals surface area contributed by atoms with E-state index >= 15 is 0 Å². The van der Waals surface area contributed by atoms with Crippen molar-refractivity contribution in [3.8, 4) is 0 Å². The van der Waals surface area contributed by atoms with Crippen molar-refractivity contribution < 1.29 is 0 Å². The van der Waals surface area contributed by atoms with E-state index in [1.165, 1.54) is 0 Å². The van der Waals surface area contributed by atoms with Gasteiger partial charge in [0, 0.05) is 11.6 Å². The highest BCUT2D eigenvalue weighted by Gasteiger charge is 1.99. The Kier molecular flexibility index (Phi) is 2.69. The third-order valence-corrected chi connectivity index (χ3v) is 1.73. The summed E-state index contributed by atoms with van der Waals surface area (Å²) in [6.45, 7) is 4.15. The van der Waals surface area contributed by atoms with Crippen LogP contribution in [0, 0.1) is 0 Å². The quantitative estimate of drug-likeness (QED) is 0.719. The monoisotopic (exact) mass is 167 g/mol. The van der Waals surface area contributed by atoms with Gasteiger partial charge in [0.15, 0.2) is 0 Å². The molecule has 0 aliphatic carbocycles. The second kappa shape index (κ2) is 3.56. The predicted octanol–water partition coefficient (Wildman–Crippen LogP) is 2.35. The zero-order chi connectivity index (χ0) is 8.27. The molecule has 58 valence electrons.